The molecule has 0 bridgehead atoms. The molecule has 6 nitrogen and oxygen atoms in total. The van der Waals surface area contributed by atoms with Crippen LogP contribution in [0.3, 0.4) is 0 Å². The smallest absolute Gasteiger partial charge is 0.375 e. The molecule has 0 spiro atoms. The lowest BCUT2D eigenvalue weighted by Gasteiger charge is -2.04. The van der Waals surface area contributed by atoms with Crippen molar-refractivity contribution in [1.29, 1.82) is 5.26 Å². The number of nitrogens with zero attached hydrogens (tertiary/aromatic N) is 4. The predicted octanol–water partition coefficient (Wildman–Crippen LogP) is 1.28. The van der Waals surface area contributed by atoms with E-state index in [1.54, 1.807) is 6.92 Å². The lowest BCUT2D eigenvalue weighted by Crippen LogP contribution is -2.04. The van der Waals surface area contributed by atoms with E-state index in [1.165, 1.54) is 10.7 Å². The van der Waals surface area contributed by atoms with E-state index < -0.39 is 11.8 Å². The minimum absolute atomic E-state index is 0.0555. The number of aromatic nitrogens is 3. The zero-order valence-corrected chi connectivity index (χ0v) is 9.25. The zero-order chi connectivity index (χ0) is 13.3. The van der Waals surface area contributed by atoms with E-state index in [0.29, 0.717) is 5.82 Å². The van der Waals surface area contributed by atoms with Gasteiger partial charge in [-0.1, -0.05) is 0 Å². The maximum atomic E-state index is 13.0. The Kier molecular flexibility index (Phi) is 2.77. The van der Waals surface area contributed by atoms with Gasteiger partial charge in [-0.2, -0.15) is 5.26 Å². The molecule has 0 aliphatic heterocycles. The van der Waals surface area contributed by atoms with Crippen LogP contribution in [0, 0.1) is 24.1 Å². The molecular formula is C11H7FN4O2. The summed E-state index contributed by atoms with van der Waals surface area (Å²) in [6.07, 6.45) is 0. The van der Waals surface area contributed by atoms with Crippen molar-refractivity contribution in [1.82, 2.24) is 14.8 Å². The summed E-state index contributed by atoms with van der Waals surface area (Å²) >= 11 is 0. The van der Waals surface area contributed by atoms with Gasteiger partial charge in [-0.25, -0.2) is 18.9 Å². The topological polar surface area (TPSA) is 91.8 Å². The minimum Gasteiger partial charge on any atom is -0.475 e. The average molecular weight is 246 g/mol. The van der Waals surface area contributed by atoms with Gasteiger partial charge in [-0.05, 0) is 25.1 Å². The van der Waals surface area contributed by atoms with Crippen LogP contribution in [-0.2, 0) is 0 Å². The van der Waals surface area contributed by atoms with Gasteiger partial charge >= 0.3 is 5.97 Å². The summed E-state index contributed by atoms with van der Waals surface area (Å²) in [6.45, 7) is 1.55. The highest BCUT2D eigenvalue weighted by Gasteiger charge is 2.16. The fourth-order valence-electron chi connectivity index (χ4n) is 1.49. The summed E-state index contributed by atoms with van der Waals surface area (Å²) in [7, 11) is 0. The highest BCUT2D eigenvalue weighted by Crippen LogP contribution is 2.16. The van der Waals surface area contributed by atoms with Crippen molar-refractivity contribution in [3.05, 3.63) is 41.2 Å². The third kappa shape index (κ3) is 1.91. The van der Waals surface area contributed by atoms with E-state index in [4.69, 9.17) is 10.4 Å². The molecule has 7 heteroatoms. The second kappa shape index (κ2) is 4.25. The van der Waals surface area contributed by atoms with Crippen molar-refractivity contribution >= 4 is 5.97 Å². The third-order valence-corrected chi connectivity index (χ3v) is 2.27. The van der Waals surface area contributed by atoms with Crippen LogP contribution in [0.4, 0.5) is 4.39 Å². The van der Waals surface area contributed by atoms with Crippen molar-refractivity contribution in [3.63, 3.8) is 0 Å². The van der Waals surface area contributed by atoms with Crippen LogP contribution in [0.5, 0.6) is 0 Å². The number of hydrogen-bond acceptors (Lipinski definition) is 4. The molecule has 1 heterocycles. The molecule has 0 radical (unpaired) electrons. The number of aryl methyl sites for hydroxylation is 1. The molecule has 0 aliphatic carbocycles. The molecule has 0 amide bonds. The lowest BCUT2D eigenvalue weighted by atomic mass is 10.2. The van der Waals surface area contributed by atoms with Crippen molar-refractivity contribution in [2.24, 2.45) is 0 Å². The Hall–Kier alpha value is -2.75. The molecule has 1 aromatic carbocycles. The number of benzene rings is 1. The number of carbonyl (C=O) groups is 1. The Bertz CT molecular complexity index is 672. The van der Waals surface area contributed by atoms with E-state index in [9.17, 15) is 9.18 Å². The van der Waals surface area contributed by atoms with Crippen molar-refractivity contribution in [3.8, 4) is 11.8 Å². The Morgan fingerprint density at radius 1 is 1.56 bits per heavy atom. The van der Waals surface area contributed by atoms with Gasteiger partial charge in [0.2, 0.25) is 0 Å². The van der Waals surface area contributed by atoms with Crippen molar-refractivity contribution < 1.29 is 14.3 Å². The molecule has 1 aromatic heterocycles. The second-order valence-corrected chi connectivity index (χ2v) is 3.47. The Morgan fingerprint density at radius 3 is 2.83 bits per heavy atom. The Labute approximate surface area is 101 Å². The molecule has 1 N–H and O–H groups in total. The number of carboxylic acid groups (broad SMARTS) is 1. The summed E-state index contributed by atoms with van der Waals surface area (Å²) in [4.78, 5) is 14.5. The summed E-state index contributed by atoms with van der Waals surface area (Å²) in [5.74, 6) is -1.89. The fraction of sp³-hybridized carbons (Fsp3) is 0.0909. The Balaban J connectivity index is 2.62. The monoisotopic (exact) mass is 246 g/mol. The van der Waals surface area contributed by atoms with E-state index in [0.717, 1.165) is 12.1 Å². The van der Waals surface area contributed by atoms with Gasteiger partial charge in [0.05, 0.1) is 11.3 Å². The van der Waals surface area contributed by atoms with Crippen LogP contribution in [0.15, 0.2) is 18.2 Å². The first-order valence-corrected chi connectivity index (χ1v) is 4.90. The van der Waals surface area contributed by atoms with Crippen LogP contribution in [0.1, 0.15) is 22.0 Å². The second-order valence-electron chi connectivity index (χ2n) is 3.47. The standard InChI is InChI=1S/C11H7FN4O2/c1-6-14-10(11(17)18)15-16(6)9-3-2-8(12)4-7(9)5-13/h2-4H,1H3,(H,17,18). The molecule has 0 aliphatic rings. The van der Waals surface area contributed by atoms with Crippen LogP contribution in [-0.4, -0.2) is 25.8 Å². The number of carboxylic acids is 1. The van der Waals surface area contributed by atoms with Crippen LogP contribution < -0.4 is 0 Å². The summed E-state index contributed by atoms with van der Waals surface area (Å²) in [5, 5.41) is 21.4. The molecule has 90 valence electrons. The average Bonchev–Trinajstić information content (AvgIpc) is 2.71. The lowest BCUT2D eigenvalue weighted by molar-refractivity contribution is 0.0683. The van der Waals surface area contributed by atoms with Gasteiger partial charge in [-0.15, -0.1) is 5.10 Å². The first-order chi connectivity index (χ1) is 8.52. The number of nitriles is 1. The van der Waals surface area contributed by atoms with Crippen LogP contribution in [0.2, 0.25) is 0 Å². The van der Waals surface area contributed by atoms with Gasteiger partial charge in [-0.3, -0.25) is 0 Å². The first kappa shape index (κ1) is 11.7. The normalized spacial score (nSPS) is 10.1. The highest BCUT2D eigenvalue weighted by atomic mass is 19.1. The van der Waals surface area contributed by atoms with Crippen molar-refractivity contribution in [2.75, 3.05) is 0 Å². The van der Waals surface area contributed by atoms with E-state index in [1.807, 2.05) is 6.07 Å². The van der Waals surface area contributed by atoms with Crippen molar-refractivity contribution in [2.45, 2.75) is 6.92 Å². The summed E-state index contributed by atoms with van der Waals surface area (Å²) in [6, 6.07) is 5.39. The number of rotatable bonds is 2. The van der Waals surface area contributed by atoms with E-state index in [-0.39, 0.29) is 17.1 Å². The Morgan fingerprint density at radius 2 is 2.28 bits per heavy atom. The largest absolute Gasteiger partial charge is 0.475 e. The predicted molar refractivity (Wildman–Crippen MR) is 57.7 cm³/mol. The van der Waals surface area contributed by atoms with E-state index >= 15 is 0 Å². The molecule has 0 atom stereocenters. The summed E-state index contributed by atoms with van der Waals surface area (Å²) < 4.78 is 14.2. The van der Waals surface area contributed by atoms with Gasteiger partial charge in [0.15, 0.2) is 0 Å². The van der Waals surface area contributed by atoms with Gasteiger partial charge in [0.1, 0.15) is 17.7 Å². The molecule has 0 saturated carbocycles. The maximum Gasteiger partial charge on any atom is 0.375 e. The zero-order valence-electron chi connectivity index (χ0n) is 9.25. The summed E-state index contributed by atoms with van der Waals surface area (Å²) in [5.41, 5.74) is 0.344. The van der Waals surface area contributed by atoms with Crippen LogP contribution >= 0.6 is 0 Å². The SMILES string of the molecule is Cc1nc(C(=O)O)nn1-c1ccc(F)cc1C#N. The highest BCUT2D eigenvalue weighted by molar-refractivity contribution is 5.83. The number of halogens is 1. The molecule has 0 fully saturated rings. The molecule has 18 heavy (non-hydrogen) atoms. The quantitative estimate of drug-likeness (QED) is 0.861. The first-order valence-electron chi connectivity index (χ1n) is 4.90. The fourth-order valence-corrected chi connectivity index (χ4v) is 1.49. The van der Waals surface area contributed by atoms with E-state index in [2.05, 4.69) is 10.1 Å². The molecule has 2 aromatic rings. The third-order valence-electron chi connectivity index (χ3n) is 2.27. The molecular weight excluding hydrogens is 239 g/mol. The maximum absolute atomic E-state index is 13.0. The molecule has 2 rings (SSSR count). The van der Waals surface area contributed by atoms with Crippen LogP contribution in [0.25, 0.3) is 5.69 Å². The van der Waals surface area contributed by atoms with Gasteiger partial charge < -0.3 is 5.11 Å². The number of hydrogen-bond donors (Lipinski definition) is 1. The number of aromatic carboxylic acids is 1. The minimum atomic E-state index is -1.27. The molecule has 0 unspecified atom stereocenters. The molecule has 0 saturated heterocycles. The van der Waals surface area contributed by atoms with Gasteiger partial charge in [0, 0.05) is 0 Å². The van der Waals surface area contributed by atoms with Gasteiger partial charge in [0.25, 0.3) is 5.82 Å².